The molecule has 1 aromatic carbocycles. The lowest BCUT2D eigenvalue weighted by Crippen LogP contribution is -2.15. The highest BCUT2D eigenvalue weighted by molar-refractivity contribution is 5.78. The predicted molar refractivity (Wildman–Crippen MR) is 83.1 cm³/mol. The zero-order valence-corrected chi connectivity index (χ0v) is 11.9. The lowest BCUT2D eigenvalue weighted by atomic mass is 10.1. The van der Waals surface area contributed by atoms with Crippen LogP contribution in [0.1, 0.15) is 29.9 Å². The van der Waals surface area contributed by atoms with Crippen molar-refractivity contribution in [2.75, 3.05) is 0 Å². The Morgan fingerprint density at radius 2 is 2.00 bits per heavy atom. The molecule has 0 saturated heterocycles. The van der Waals surface area contributed by atoms with E-state index >= 15 is 0 Å². The Morgan fingerprint density at radius 1 is 1.10 bits per heavy atom. The summed E-state index contributed by atoms with van der Waals surface area (Å²) in [4.78, 5) is 4.74. The van der Waals surface area contributed by atoms with Crippen molar-refractivity contribution in [3.8, 4) is 0 Å². The molecule has 2 aromatic heterocycles. The number of nitrogens with one attached hydrogen (secondary N) is 1. The van der Waals surface area contributed by atoms with Crippen molar-refractivity contribution in [2.24, 2.45) is 0 Å². The number of hydrogen-bond acceptors (Lipinski definition) is 3. The summed E-state index contributed by atoms with van der Waals surface area (Å²) in [6.07, 6.45) is 5.19. The summed E-state index contributed by atoms with van der Waals surface area (Å²) < 4.78 is 5.61. The first-order valence-electron chi connectivity index (χ1n) is 7.52. The molecule has 1 fully saturated rings. The van der Waals surface area contributed by atoms with Crippen LogP contribution in [-0.2, 0) is 13.0 Å². The first-order chi connectivity index (χ1) is 10.4. The van der Waals surface area contributed by atoms with Gasteiger partial charge in [0.1, 0.15) is 5.76 Å². The molecule has 106 valence electrons. The summed E-state index contributed by atoms with van der Waals surface area (Å²) in [5, 5.41) is 4.68. The smallest absolute Gasteiger partial charge is 0.121 e. The van der Waals surface area contributed by atoms with Gasteiger partial charge in [0.25, 0.3) is 0 Å². The van der Waals surface area contributed by atoms with Crippen LogP contribution in [0, 0.1) is 0 Å². The molecule has 1 saturated carbocycles. The summed E-state index contributed by atoms with van der Waals surface area (Å²) in [5.74, 6) is 1.04. The average molecular weight is 278 g/mol. The van der Waals surface area contributed by atoms with E-state index in [1.807, 2.05) is 12.1 Å². The topological polar surface area (TPSA) is 38.1 Å². The molecule has 1 N–H and O–H groups in total. The van der Waals surface area contributed by atoms with Crippen LogP contribution in [0.4, 0.5) is 0 Å². The second-order valence-corrected chi connectivity index (χ2v) is 5.70. The Labute approximate surface area is 124 Å². The number of para-hydroxylation sites is 1. The molecule has 1 aliphatic rings. The lowest BCUT2D eigenvalue weighted by Gasteiger charge is -2.05. The maximum Gasteiger partial charge on any atom is 0.121 e. The number of hydrogen-bond donors (Lipinski definition) is 1. The van der Waals surface area contributed by atoms with E-state index in [1.54, 1.807) is 6.26 Å². The van der Waals surface area contributed by atoms with E-state index in [2.05, 4.69) is 35.6 Å². The fraction of sp³-hybridized carbons (Fsp3) is 0.278. The van der Waals surface area contributed by atoms with Gasteiger partial charge in [0.2, 0.25) is 0 Å². The number of fused-ring (bicyclic) bond motifs is 1. The van der Waals surface area contributed by atoms with Gasteiger partial charge in [-0.2, -0.15) is 0 Å². The second-order valence-electron chi connectivity index (χ2n) is 5.70. The molecule has 3 aromatic rings. The Bertz CT molecular complexity index is 759. The summed E-state index contributed by atoms with van der Waals surface area (Å²) in [6.45, 7) is 0.820. The Kier molecular flexibility index (Phi) is 3.20. The Hall–Kier alpha value is -2.13. The highest BCUT2D eigenvalue weighted by Crippen LogP contribution is 2.21. The number of pyridine rings is 1. The Balaban J connectivity index is 1.54. The average Bonchev–Trinajstić information content (AvgIpc) is 3.25. The molecular formula is C18H18N2O. The standard InChI is InChI=1S/C18H18N2O/c1-2-4-17-13(3-1)5-6-16(20-17)11-14-9-10-21-18(14)12-19-15-7-8-15/h1-6,9-10,15,19H,7-8,11-12H2. The van der Waals surface area contributed by atoms with Crippen LogP contribution < -0.4 is 5.32 Å². The zero-order valence-electron chi connectivity index (χ0n) is 11.9. The molecule has 2 heterocycles. The third-order valence-electron chi connectivity index (χ3n) is 3.99. The molecule has 3 heteroatoms. The minimum absolute atomic E-state index is 0.696. The number of furan rings is 1. The minimum Gasteiger partial charge on any atom is -0.468 e. The summed E-state index contributed by atoms with van der Waals surface area (Å²) in [7, 11) is 0. The third kappa shape index (κ3) is 2.83. The van der Waals surface area contributed by atoms with Crippen LogP contribution in [0.3, 0.4) is 0 Å². The second kappa shape index (κ2) is 5.34. The summed E-state index contributed by atoms with van der Waals surface area (Å²) in [5.41, 5.74) is 3.37. The molecule has 0 aliphatic heterocycles. The van der Waals surface area contributed by atoms with E-state index in [9.17, 15) is 0 Å². The quantitative estimate of drug-likeness (QED) is 0.774. The van der Waals surface area contributed by atoms with Crippen LogP contribution in [0.5, 0.6) is 0 Å². The molecule has 0 atom stereocenters. The molecule has 3 nitrogen and oxygen atoms in total. The SMILES string of the molecule is c1ccc2nc(Cc3ccoc3CNC3CC3)ccc2c1. The highest BCUT2D eigenvalue weighted by atomic mass is 16.3. The van der Waals surface area contributed by atoms with Gasteiger partial charge >= 0.3 is 0 Å². The normalized spacial score (nSPS) is 14.7. The van der Waals surface area contributed by atoms with Crippen LogP contribution >= 0.6 is 0 Å². The van der Waals surface area contributed by atoms with Gasteiger partial charge in [-0.1, -0.05) is 24.3 Å². The predicted octanol–water partition coefficient (Wildman–Crippen LogP) is 3.67. The fourth-order valence-corrected chi connectivity index (χ4v) is 2.61. The van der Waals surface area contributed by atoms with Crippen molar-refractivity contribution in [1.29, 1.82) is 0 Å². The van der Waals surface area contributed by atoms with Crippen molar-refractivity contribution in [1.82, 2.24) is 10.3 Å². The van der Waals surface area contributed by atoms with Crippen LogP contribution in [-0.4, -0.2) is 11.0 Å². The van der Waals surface area contributed by atoms with Crippen molar-refractivity contribution >= 4 is 10.9 Å². The van der Waals surface area contributed by atoms with Gasteiger partial charge in [0.05, 0.1) is 18.3 Å². The number of rotatable bonds is 5. The van der Waals surface area contributed by atoms with E-state index in [4.69, 9.17) is 9.40 Å². The van der Waals surface area contributed by atoms with Crippen LogP contribution in [0.15, 0.2) is 53.1 Å². The first kappa shape index (κ1) is 12.6. The summed E-state index contributed by atoms with van der Waals surface area (Å²) >= 11 is 0. The maximum absolute atomic E-state index is 5.61. The van der Waals surface area contributed by atoms with Gasteiger partial charge in [0, 0.05) is 29.1 Å². The maximum atomic E-state index is 5.61. The van der Waals surface area contributed by atoms with Crippen molar-refractivity contribution in [2.45, 2.75) is 31.8 Å². The summed E-state index contributed by atoms with van der Waals surface area (Å²) in [6, 6.07) is 15.2. The third-order valence-corrected chi connectivity index (χ3v) is 3.99. The molecule has 0 radical (unpaired) electrons. The molecule has 0 spiro atoms. The molecule has 0 bridgehead atoms. The van der Waals surface area contributed by atoms with Crippen LogP contribution in [0.2, 0.25) is 0 Å². The van der Waals surface area contributed by atoms with Crippen molar-refractivity contribution in [3.05, 3.63) is 65.7 Å². The van der Waals surface area contributed by atoms with E-state index in [0.29, 0.717) is 6.04 Å². The molecule has 21 heavy (non-hydrogen) atoms. The molecule has 0 unspecified atom stereocenters. The van der Waals surface area contributed by atoms with E-state index in [0.717, 1.165) is 29.9 Å². The number of nitrogens with zero attached hydrogens (tertiary/aromatic N) is 1. The molecular weight excluding hydrogens is 260 g/mol. The van der Waals surface area contributed by atoms with Gasteiger partial charge in [-0.15, -0.1) is 0 Å². The van der Waals surface area contributed by atoms with E-state index in [-0.39, 0.29) is 0 Å². The fourth-order valence-electron chi connectivity index (χ4n) is 2.61. The monoisotopic (exact) mass is 278 g/mol. The lowest BCUT2D eigenvalue weighted by molar-refractivity contribution is 0.478. The van der Waals surface area contributed by atoms with Crippen LogP contribution in [0.25, 0.3) is 10.9 Å². The number of benzene rings is 1. The molecule has 1 aliphatic carbocycles. The number of aromatic nitrogens is 1. The minimum atomic E-state index is 0.696. The van der Waals surface area contributed by atoms with Gasteiger partial charge in [-0.3, -0.25) is 4.98 Å². The van der Waals surface area contributed by atoms with Gasteiger partial charge in [-0.25, -0.2) is 0 Å². The largest absolute Gasteiger partial charge is 0.468 e. The van der Waals surface area contributed by atoms with E-state index in [1.165, 1.54) is 23.8 Å². The molecule has 4 rings (SSSR count). The first-order valence-corrected chi connectivity index (χ1v) is 7.52. The van der Waals surface area contributed by atoms with Gasteiger partial charge in [0.15, 0.2) is 0 Å². The van der Waals surface area contributed by atoms with E-state index < -0.39 is 0 Å². The Morgan fingerprint density at radius 3 is 2.90 bits per heavy atom. The molecule has 0 amide bonds. The zero-order chi connectivity index (χ0) is 14.1. The van der Waals surface area contributed by atoms with Crippen molar-refractivity contribution < 1.29 is 4.42 Å². The van der Waals surface area contributed by atoms with Gasteiger partial charge in [-0.05, 0) is 31.0 Å². The highest BCUT2D eigenvalue weighted by Gasteiger charge is 2.21. The van der Waals surface area contributed by atoms with Gasteiger partial charge < -0.3 is 9.73 Å². The van der Waals surface area contributed by atoms with Crippen molar-refractivity contribution in [3.63, 3.8) is 0 Å².